The summed E-state index contributed by atoms with van der Waals surface area (Å²) < 4.78 is 0. The molecule has 1 saturated heterocycles. The van der Waals surface area contributed by atoms with Crippen LogP contribution < -0.4 is 10.6 Å². The first-order chi connectivity index (χ1) is 9.98. The quantitative estimate of drug-likeness (QED) is 0.737. The first-order valence-corrected chi connectivity index (χ1v) is 8.22. The number of nitrogens with one attached hydrogen (secondary N) is 2. The van der Waals surface area contributed by atoms with E-state index >= 15 is 0 Å². The Kier molecular flexibility index (Phi) is 3.72. The maximum Gasteiger partial charge on any atom is 0.311 e. The lowest BCUT2D eigenvalue weighted by Gasteiger charge is -2.38. The number of aliphatic carboxylic acids is 1. The molecular weight excluding hydrogens is 268 g/mol. The molecule has 0 aromatic carbocycles. The maximum atomic E-state index is 12.5. The fourth-order valence-electron chi connectivity index (χ4n) is 4.29. The van der Waals surface area contributed by atoms with E-state index in [0.29, 0.717) is 6.42 Å². The Morgan fingerprint density at radius 3 is 2.57 bits per heavy atom. The maximum absolute atomic E-state index is 12.5. The molecule has 0 aromatic rings. The van der Waals surface area contributed by atoms with Gasteiger partial charge in [0.1, 0.15) is 0 Å². The SMILES string of the molecule is CC1(C(=O)O)CCCCC1NC(=O)C1CC12CCNCC2. The largest absolute Gasteiger partial charge is 0.481 e. The van der Waals surface area contributed by atoms with Crippen LogP contribution >= 0.6 is 0 Å². The number of amides is 1. The summed E-state index contributed by atoms with van der Waals surface area (Å²) in [5.74, 6) is -0.573. The lowest BCUT2D eigenvalue weighted by Crippen LogP contribution is -2.52. The minimum absolute atomic E-state index is 0.0938. The molecule has 5 nitrogen and oxygen atoms in total. The van der Waals surface area contributed by atoms with Gasteiger partial charge in [-0.25, -0.2) is 0 Å². The summed E-state index contributed by atoms with van der Waals surface area (Å²) in [5.41, 5.74) is -0.590. The lowest BCUT2D eigenvalue weighted by molar-refractivity contribution is -0.152. The minimum atomic E-state index is -0.802. The van der Waals surface area contributed by atoms with Crippen molar-refractivity contribution in [2.75, 3.05) is 13.1 Å². The van der Waals surface area contributed by atoms with Gasteiger partial charge in [-0.05, 0) is 57.5 Å². The molecule has 3 fully saturated rings. The molecule has 2 aliphatic carbocycles. The Bertz CT molecular complexity index is 445. The zero-order valence-corrected chi connectivity index (χ0v) is 12.8. The van der Waals surface area contributed by atoms with Gasteiger partial charge in [0.25, 0.3) is 0 Å². The third kappa shape index (κ3) is 2.56. The van der Waals surface area contributed by atoms with Crippen molar-refractivity contribution in [3.63, 3.8) is 0 Å². The molecule has 5 heteroatoms. The second-order valence-corrected chi connectivity index (χ2v) is 7.40. The van der Waals surface area contributed by atoms with Crippen molar-refractivity contribution in [3.8, 4) is 0 Å². The molecular formula is C16H26N2O3. The highest BCUT2D eigenvalue weighted by Gasteiger charge is 2.58. The highest BCUT2D eigenvalue weighted by Crippen LogP contribution is 2.58. The zero-order chi connectivity index (χ0) is 15.1. The predicted octanol–water partition coefficient (Wildman–Crippen LogP) is 1.53. The molecule has 0 radical (unpaired) electrons. The Morgan fingerprint density at radius 1 is 1.19 bits per heavy atom. The second-order valence-electron chi connectivity index (χ2n) is 7.40. The minimum Gasteiger partial charge on any atom is -0.481 e. The van der Waals surface area contributed by atoms with Crippen LogP contribution in [0.15, 0.2) is 0 Å². The molecule has 0 bridgehead atoms. The predicted molar refractivity (Wildman–Crippen MR) is 78.8 cm³/mol. The van der Waals surface area contributed by atoms with Crippen LogP contribution in [-0.4, -0.2) is 36.1 Å². The average Bonchev–Trinajstić information content (AvgIpc) is 3.15. The second kappa shape index (κ2) is 5.27. The van der Waals surface area contributed by atoms with E-state index in [2.05, 4.69) is 10.6 Å². The first kappa shape index (κ1) is 14.8. The van der Waals surface area contributed by atoms with Gasteiger partial charge in [-0.2, -0.15) is 0 Å². The Labute approximate surface area is 125 Å². The van der Waals surface area contributed by atoms with Crippen molar-refractivity contribution in [2.24, 2.45) is 16.7 Å². The van der Waals surface area contributed by atoms with Crippen molar-refractivity contribution < 1.29 is 14.7 Å². The van der Waals surface area contributed by atoms with Crippen LogP contribution in [-0.2, 0) is 9.59 Å². The average molecular weight is 294 g/mol. The van der Waals surface area contributed by atoms with Crippen LogP contribution in [0.2, 0.25) is 0 Å². The molecule has 2 saturated carbocycles. The highest BCUT2D eigenvalue weighted by molar-refractivity contribution is 5.84. The van der Waals surface area contributed by atoms with Gasteiger partial charge in [0.05, 0.1) is 5.41 Å². The molecule has 3 unspecified atom stereocenters. The lowest BCUT2D eigenvalue weighted by atomic mass is 9.71. The van der Waals surface area contributed by atoms with E-state index in [9.17, 15) is 14.7 Å². The number of carbonyl (C=O) groups is 2. The number of hydrogen-bond donors (Lipinski definition) is 3. The summed E-state index contributed by atoms with van der Waals surface area (Å²) in [6.07, 6.45) is 6.53. The van der Waals surface area contributed by atoms with Gasteiger partial charge < -0.3 is 15.7 Å². The molecule has 0 aromatic heterocycles. The number of carboxylic acids is 1. The van der Waals surface area contributed by atoms with Gasteiger partial charge in [-0.15, -0.1) is 0 Å². The third-order valence-electron chi connectivity index (χ3n) is 6.12. The summed E-state index contributed by atoms with van der Waals surface area (Å²) >= 11 is 0. The van der Waals surface area contributed by atoms with Crippen molar-refractivity contribution in [1.82, 2.24) is 10.6 Å². The molecule has 118 valence electrons. The Hall–Kier alpha value is -1.10. The van der Waals surface area contributed by atoms with Crippen LogP contribution in [0.3, 0.4) is 0 Å². The van der Waals surface area contributed by atoms with Gasteiger partial charge in [0, 0.05) is 12.0 Å². The Balaban J connectivity index is 1.63. The molecule has 3 rings (SSSR count). The van der Waals surface area contributed by atoms with E-state index in [1.807, 2.05) is 0 Å². The molecule has 1 heterocycles. The van der Waals surface area contributed by atoms with E-state index in [0.717, 1.165) is 51.6 Å². The standard InChI is InChI=1S/C16H26N2O3/c1-15(14(20)21)5-3-2-4-12(15)18-13(19)11-10-16(11)6-8-17-9-7-16/h11-12,17H,2-10H2,1H3,(H,18,19)(H,20,21). The van der Waals surface area contributed by atoms with Crippen molar-refractivity contribution in [3.05, 3.63) is 0 Å². The summed E-state index contributed by atoms with van der Waals surface area (Å²) in [6, 6.07) is -0.212. The van der Waals surface area contributed by atoms with E-state index in [-0.39, 0.29) is 23.3 Å². The topological polar surface area (TPSA) is 78.4 Å². The molecule has 1 spiro atoms. The highest BCUT2D eigenvalue weighted by atomic mass is 16.4. The summed E-state index contributed by atoms with van der Waals surface area (Å²) in [7, 11) is 0. The fraction of sp³-hybridized carbons (Fsp3) is 0.875. The molecule has 21 heavy (non-hydrogen) atoms. The van der Waals surface area contributed by atoms with Gasteiger partial charge in [0.15, 0.2) is 0 Å². The number of piperidine rings is 1. The van der Waals surface area contributed by atoms with E-state index in [4.69, 9.17) is 0 Å². The molecule has 3 N–H and O–H groups in total. The van der Waals surface area contributed by atoms with Crippen LogP contribution in [0, 0.1) is 16.7 Å². The van der Waals surface area contributed by atoms with Crippen LogP contribution in [0.4, 0.5) is 0 Å². The normalized spacial score (nSPS) is 38.0. The van der Waals surface area contributed by atoms with Crippen molar-refractivity contribution >= 4 is 11.9 Å². The van der Waals surface area contributed by atoms with E-state index in [1.54, 1.807) is 6.92 Å². The van der Waals surface area contributed by atoms with Gasteiger partial charge in [-0.3, -0.25) is 9.59 Å². The van der Waals surface area contributed by atoms with E-state index < -0.39 is 11.4 Å². The number of carboxylic acid groups (broad SMARTS) is 1. The van der Waals surface area contributed by atoms with Crippen LogP contribution in [0.5, 0.6) is 0 Å². The summed E-state index contributed by atoms with van der Waals surface area (Å²) in [6.45, 7) is 3.78. The molecule has 1 aliphatic heterocycles. The first-order valence-electron chi connectivity index (χ1n) is 8.22. The van der Waals surface area contributed by atoms with Crippen molar-refractivity contribution in [2.45, 2.75) is 57.9 Å². The smallest absolute Gasteiger partial charge is 0.311 e. The van der Waals surface area contributed by atoms with Gasteiger partial charge in [-0.1, -0.05) is 12.8 Å². The molecule has 3 aliphatic rings. The number of rotatable bonds is 3. The van der Waals surface area contributed by atoms with Gasteiger partial charge in [0.2, 0.25) is 5.91 Å². The van der Waals surface area contributed by atoms with Crippen LogP contribution in [0.1, 0.15) is 51.9 Å². The zero-order valence-electron chi connectivity index (χ0n) is 12.8. The Morgan fingerprint density at radius 2 is 1.90 bits per heavy atom. The number of hydrogen-bond acceptors (Lipinski definition) is 3. The third-order valence-corrected chi connectivity index (χ3v) is 6.12. The summed E-state index contributed by atoms with van der Waals surface area (Å²) in [5, 5.41) is 15.9. The van der Waals surface area contributed by atoms with Crippen LogP contribution in [0.25, 0.3) is 0 Å². The summed E-state index contributed by atoms with van der Waals surface area (Å²) in [4.78, 5) is 24.1. The molecule has 3 atom stereocenters. The van der Waals surface area contributed by atoms with Crippen molar-refractivity contribution in [1.29, 1.82) is 0 Å². The number of carbonyl (C=O) groups excluding carboxylic acids is 1. The molecule has 1 amide bonds. The van der Waals surface area contributed by atoms with Gasteiger partial charge >= 0.3 is 5.97 Å². The van der Waals surface area contributed by atoms with E-state index in [1.165, 1.54) is 0 Å². The monoisotopic (exact) mass is 294 g/mol. The fourth-order valence-corrected chi connectivity index (χ4v) is 4.29.